The van der Waals surface area contributed by atoms with Crippen LogP contribution in [0, 0.1) is 5.82 Å². The van der Waals surface area contributed by atoms with Gasteiger partial charge < -0.3 is 0 Å². The molecular formula is C14H7BrCl3FN2. The Hall–Kier alpha value is -0.810. The quantitative estimate of drug-likeness (QED) is 0.478. The SMILES string of the molecule is Fc1cccc(Br)c1-n1c(CCl)nc2cc(Cl)c(Cl)cc21. The molecule has 0 N–H and O–H groups in total. The number of nitrogens with zero attached hydrogens (tertiary/aromatic N) is 2. The number of para-hydroxylation sites is 1. The van der Waals surface area contributed by atoms with E-state index in [1.54, 1.807) is 28.8 Å². The van der Waals surface area contributed by atoms with Gasteiger partial charge in [0.05, 0.1) is 32.6 Å². The normalized spacial score (nSPS) is 11.3. The first-order chi connectivity index (χ1) is 10.0. The van der Waals surface area contributed by atoms with Crippen molar-refractivity contribution in [1.82, 2.24) is 9.55 Å². The van der Waals surface area contributed by atoms with E-state index in [2.05, 4.69) is 20.9 Å². The summed E-state index contributed by atoms with van der Waals surface area (Å²) in [6, 6.07) is 8.04. The summed E-state index contributed by atoms with van der Waals surface area (Å²) in [6.07, 6.45) is 0. The van der Waals surface area contributed by atoms with Crippen molar-refractivity contribution in [1.29, 1.82) is 0 Å². The molecule has 3 aromatic rings. The molecule has 2 nitrogen and oxygen atoms in total. The summed E-state index contributed by atoms with van der Waals surface area (Å²) < 4.78 is 16.5. The van der Waals surface area contributed by atoms with Crippen molar-refractivity contribution >= 4 is 61.8 Å². The largest absolute Gasteiger partial charge is 0.291 e. The van der Waals surface area contributed by atoms with Crippen molar-refractivity contribution < 1.29 is 4.39 Å². The monoisotopic (exact) mass is 406 g/mol. The molecule has 0 radical (unpaired) electrons. The minimum Gasteiger partial charge on any atom is -0.291 e. The summed E-state index contributed by atoms with van der Waals surface area (Å²) in [4.78, 5) is 4.39. The highest BCUT2D eigenvalue weighted by Gasteiger charge is 2.18. The van der Waals surface area contributed by atoms with Crippen molar-refractivity contribution in [3.8, 4) is 5.69 Å². The fourth-order valence-electron chi connectivity index (χ4n) is 2.16. The summed E-state index contributed by atoms with van der Waals surface area (Å²) in [6.45, 7) is 0. The van der Waals surface area contributed by atoms with Gasteiger partial charge in [0, 0.05) is 4.47 Å². The molecule has 0 unspecified atom stereocenters. The number of hydrogen-bond donors (Lipinski definition) is 0. The van der Waals surface area contributed by atoms with Crippen LogP contribution in [0.3, 0.4) is 0 Å². The zero-order valence-electron chi connectivity index (χ0n) is 10.4. The first-order valence-corrected chi connectivity index (χ1v) is 7.98. The molecule has 0 spiro atoms. The maximum absolute atomic E-state index is 14.3. The highest BCUT2D eigenvalue weighted by molar-refractivity contribution is 9.10. The average molecular weight is 408 g/mol. The van der Waals surface area contributed by atoms with Crippen molar-refractivity contribution in [2.24, 2.45) is 0 Å². The van der Waals surface area contributed by atoms with E-state index in [4.69, 9.17) is 34.8 Å². The molecule has 0 aliphatic carbocycles. The summed E-state index contributed by atoms with van der Waals surface area (Å²) in [5, 5.41) is 0.765. The minimum absolute atomic E-state index is 0.130. The smallest absolute Gasteiger partial charge is 0.148 e. The molecule has 0 atom stereocenters. The number of alkyl halides is 1. The standard InChI is InChI=1S/C14H7BrCl3FN2/c15-7-2-1-3-10(19)14(7)21-12-5-9(18)8(17)4-11(12)20-13(21)6-16/h1-5H,6H2. The van der Waals surface area contributed by atoms with Gasteiger partial charge in [0.1, 0.15) is 11.6 Å². The van der Waals surface area contributed by atoms with Crippen molar-refractivity contribution in [3.63, 3.8) is 0 Å². The van der Waals surface area contributed by atoms with Crippen molar-refractivity contribution in [2.45, 2.75) is 5.88 Å². The molecule has 0 saturated heterocycles. The van der Waals surface area contributed by atoms with E-state index in [-0.39, 0.29) is 11.7 Å². The van der Waals surface area contributed by atoms with E-state index < -0.39 is 0 Å². The highest BCUT2D eigenvalue weighted by atomic mass is 79.9. The first-order valence-electron chi connectivity index (χ1n) is 5.89. The Morgan fingerprint density at radius 2 is 1.90 bits per heavy atom. The van der Waals surface area contributed by atoms with E-state index in [9.17, 15) is 4.39 Å². The third-order valence-electron chi connectivity index (χ3n) is 3.05. The number of aromatic nitrogens is 2. The second-order valence-electron chi connectivity index (χ2n) is 4.32. The molecule has 0 fully saturated rings. The van der Waals surface area contributed by atoms with Crippen LogP contribution in [0.1, 0.15) is 5.82 Å². The Morgan fingerprint density at radius 1 is 1.19 bits per heavy atom. The van der Waals surface area contributed by atoms with Gasteiger partial charge in [-0.15, -0.1) is 11.6 Å². The molecule has 0 saturated carbocycles. The van der Waals surface area contributed by atoms with Gasteiger partial charge in [0.15, 0.2) is 0 Å². The van der Waals surface area contributed by atoms with Crippen LogP contribution in [0.15, 0.2) is 34.8 Å². The van der Waals surface area contributed by atoms with Crippen LogP contribution in [-0.4, -0.2) is 9.55 Å². The molecule has 0 aliphatic heterocycles. The lowest BCUT2D eigenvalue weighted by molar-refractivity contribution is 0.616. The summed E-state index contributed by atoms with van der Waals surface area (Å²) in [5.74, 6) is 0.252. The third kappa shape index (κ3) is 2.55. The maximum atomic E-state index is 14.3. The molecule has 0 amide bonds. The van der Waals surface area contributed by atoms with Gasteiger partial charge in [-0.3, -0.25) is 4.57 Å². The van der Waals surface area contributed by atoms with Crippen LogP contribution in [-0.2, 0) is 5.88 Å². The fourth-order valence-corrected chi connectivity index (χ4v) is 3.18. The van der Waals surface area contributed by atoms with Crippen molar-refractivity contribution in [3.05, 3.63) is 56.5 Å². The second kappa shape index (κ2) is 5.76. The van der Waals surface area contributed by atoms with E-state index in [1.807, 2.05) is 0 Å². The lowest BCUT2D eigenvalue weighted by Gasteiger charge is -2.11. The average Bonchev–Trinajstić information content (AvgIpc) is 2.77. The second-order valence-corrected chi connectivity index (χ2v) is 6.26. The maximum Gasteiger partial charge on any atom is 0.148 e. The van der Waals surface area contributed by atoms with Gasteiger partial charge in [0.25, 0.3) is 0 Å². The predicted octanol–water partition coefficient (Wildman–Crippen LogP) is 5.97. The Kier molecular flexibility index (Phi) is 4.14. The van der Waals surface area contributed by atoms with Crippen molar-refractivity contribution in [2.75, 3.05) is 0 Å². The minimum atomic E-state index is -0.388. The number of fused-ring (bicyclic) bond motifs is 1. The fraction of sp³-hybridized carbons (Fsp3) is 0.0714. The summed E-state index contributed by atoms with van der Waals surface area (Å²) >= 11 is 21.4. The number of rotatable bonds is 2. The van der Waals surface area contributed by atoms with E-state index in [1.165, 1.54) is 6.07 Å². The van der Waals surface area contributed by atoms with E-state index in [0.717, 1.165) is 0 Å². The molecule has 2 aromatic carbocycles. The summed E-state index contributed by atoms with van der Waals surface area (Å²) in [5.41, 5.74) is 1.59. The Morgan fingerprint density at radius 3 is 2.57 bits per heavy atom. The highest BCUT2D eigenvalue weighted by Crippen LogP contribution is 2.33. The molecule has 1 aromatic heterocycles. The predicted molar refractivity (Wildman–Crippen MR) is 88.3 cm³/mol. The Labute approximate surface area is 143 Å². The number of imidazole rings is 1. The van der Waals surface area contributed by atoms with Gasteiger partial charge in [-0.25, -0.2) is 9.37 Å². The topological polar surface area (TPSA) is 17.8 Å². The van der Waals surface area contributed by atoms with Crippen LogP contribution in [0.4, 0.5) is 4.39 Å². The molecule has 3 rings (SSSR count). The zero-order valence-corrected chi connectivity index (χ0v) is 14.2. The number of benzene rings is 2. The molecular weight excluding hydrogens is 401 g/mol. The number of hydrogen-bond acceptors (Lipinski definition) is 1. The van der Waals surface area contributed by atoms with Gasteiger partial charge in [-0.2, -0.15) is 0 Å². The van der Waals surface area contributed by atoms with Crippen LogP contribution < -0.4 is 0 Å². The van der Waals surface area contributed by atoms with Crippen LogP contribution in [0.2, 0.25) is 10.0 Å². The molecule has 1 heterocycles. The molecule has 7 heteroatoms. The molecule has 0 aliphatic rings. The van der Waals surface area contributed by atoms with Crippen LogP contribution >= 0.6 is 50.7 Å². The van der Waals surface area contributed by atoms with Gasteiger partial charge in [-0.05, 0) is 40.2 Å². The Bertz CT molecular complexity index is 828. The molecule has 108 valence electrons. The lowest BCUT2D eigenvalue weighted by atomic mass is 10.2. The van der Waals surface area contributed by atoms with Gasteiger partial charge >= 0.3 is 0 Å². The Balaban J connectivity index is 2.43. The van der Waals surface area contributed by atoms with Gasteiger partial charge in [-0.1, -0.05) is 29.3 Å². The van der Waals surface area contributed by atoms with E-state index >= 15 is 0 Å². The van der Waals surface area contributed by atoms with Crippen LogP contribution in [0.25, 0.3) is 16.7 Å². The lowest BCUT2D eigenvalue weighted by Crippen LogP contribution is -2.03. The molecule has 0 bridgehead atoms. The third-order valence-corrected chi connectivity index (χ3v) is 4.65. The first kappa shape index (κ1) is 15.1. The number of halogens is 5. The summed E-state index contributed by atoms with van der Waals surface area (Å²) in [7, 11) is 0. The van der Waals surface area contributed by atoms with Gasteiger partial charge in [0.2, 0.25) is 0 Å². The van der Waals surface area contributed by atoms with E-state index in [0.29, 0.717) is 37.1 Å². The molecule has 21 heavy (non-hydrogen) atoms. The zero-order chi connectivity index (χ0) is 15.1. The van der Waals surface area contributed by atoms with Crippen LogP contribution in [0.5, 0.6) is 0 Å².